The Balaban J connectivity index is 1.02. The van der Waals surface area contributed by atoms with Crippen LogP contribution in [0.5, 0.6) is 0 Å². The van der Waals surface area contributed by atoms with Gasteiger partial charge in [0, 0.05) is 0 Å². The molecule has 14 rings (SSSR count). The van der Waals surface area contributed by atoms with Crippen LogP contribution >= 0.6 is 0 Å². The third-order valence-corrected chi connectivity index (χ3v) is 14.9. The van der Waals surface area contributed by atoms with Gasteiger partial charge in [0.1, 0.15) is 0 Å². The summed E-state index contributed by atoms with van der Waals surface area (Å²) < 4.78 is 0. The van der Waals surface area contributed by atoms with E-state index < -0.39 is 5.41 Å². The highest BCUT2D eigenvalue weighted by molar-refractivity contribution is 6.25. The lowest BCUT2D eigenvalue weighted by Crippen LogP contribution is -2.26. The number of hydrogen-bond donors (Lipinski definition) is 0. The largest absolute Gasteiger partial charge is 0.0984 e. The third-order valence-electron chi connectivity index (χ3n) is 14.9. The fourth-order valence-corrected chi connectivity index (χ4v) is 12.5. The Bertz CT molecular complexity index is 3770. The van der Waals surface area contributed by atoms with Crippen LogP contribution in [0.2, 0.25) is 0 Å². The Morgan fingerprint density at radius 3 is 1.52 bits per heavy atom. The van der Waals surface area contributed by atoms with Crippen molar-refractivity contribution in [1.29, 1.82) is 0 Å². The summed E-state index contributed by atoms with van der Waals surface area (Å²) in [4.78, 5) is 0. The average molecular weight is 821 g/mol. The maximum absolute atomic E-state index is 4.41. The van der Waals surface area contributed by atoms with Gasteiger partial charge in [-0.3, -0.25) is 0 Å². The zero-order valence-electron chi connectivity index (χ0n) is 35.7. The molecule has 0 heteroatoms. The van der Waals surface area contributed by atoms with Gasteiger partial charge in [-0.05, 0) is 162 Å². The van der Waals surface area contributed by atoms with Crippen molar-refractivity contribution in [2.75, 3.05) is 0 Å². The van der Waals surface area contributed by atoms with Gasteiger partial charge in [-0.1, -0.05) is 213 Å². The van der Waals surface area contributed by atoms with Crippen LogP contribution in [0.15, 0.2) is 219 Å². The normalized spacial score (nSPS) is 13.2. The van der Waals surface area contributed by atoms with Crippen LogP contribution in [-0.2, 0) is 5.41 Å². The fraction of sp³-hybridized carbons (Fsp3) is 0.0154. The zero-order valence-corrected chi connectivity index (χ0v) is 35.7. The van der Waals surface area contributed by atoms with Crippen molar-refractivity contribution >= 4 is 44.5 Å². The molecular formula is C65H40. The standard InChI is InChI=1S/C65H40/c1-3-45-46(4-2)60(41-21-9-6-10-22-41)63-54-35-34-47(51-26-17-27-53(61(51)54)62(63)59(45)40-19-7-5-8-20-40)43-31-30-42-37-55-52-33-32-39-18-11-12-23-48(39)64(52)65(58(55)38-44(42)36-43)56-28-15-13-24-49(56)50-25-14-16-29-57(50)65/h3-38H,1-2H2. The molecule has 0 saturated carbocycles. The minimum atomic E-state index is -0.446. The molecule has 300 valence electrons. The molecule has 0 nitrogen and oxygen atoms in total. The molecule has 0 saturated heterocycles. The first-order valence-electron chi connectivity index (χ1n) is 22.7. The molecule has 0 heterocycles. The van der Waals surface area contributed by atoms with Crippen molar-refractivity contribution in [1.82, 2.24) is 0 Å². The minimum Gasteiger partial charge on any atom is -0.0984 e. The second kappa shape index (κ2) is 13.3. The summed E-state index contributed by atoms with van der Waals surface area (Å²) in [6, 6.07) is 77.3. The second-order valence-electron chi connectivity index (χ2n) is 17.9. The van der Waals surface area contributed by atoms with Crippen molar-refractivity contribution in [3.05, 3.63) is 253 Å². The molecule has 3 aliphatic carbocycles. The van der Waals surface area contributed by atoms with E-state index in [4.69, 9.17) is 0 Å². The summed E-state index contributed by atoms with van der Waals surface area (Å²) in [5, 5.41) is 7.63. The van der Waals surface area contributed by atoms with Crippen LogP contribution in [0.25, 0.3) is 122 Å². The molecule has 0 unspecified atom stereocenters. The Hall–Kier alpha value is -8.32. The number of rotatable bonds is 5. The molecule has 0 fully saturated rings. The van der Waals surface area contributed by atoms with Gasteiger partial charge in [0.05, 0.1) is 5.41 Å². The molecule has 0 N–H and O–H groups in total. The molecule has 0 bridgehead atoms. The predicted molar refractivity (Wildman–Crippen MR) is 276 cm³/mol. The first-order valence-corrected chi connectivity index (χ1v) is 22.7. The summed E-state index contributed by atoms with van der Waals surface area (Å²) in [6.07, 6.45) is 4.06. The summed E-state index contributed by atoms with van der Waals surface area (Å²) in [6.45, 7) is 8.81. The van der Waals surface area contributed by atoms with E-state index in [2.05, 4.69) is 219 Å². The molecule has 3 aliphatic rings. The van der Waals surface area contributed by atoms with Crippen LogP contribution in [-0.4, -0.2) is 0 Å². The van der Waals surface area contributed by atoms with Crippen LogP contribution in [0, 0.1) is 0 Å². The smallest absolute Gasteiger partial charge is 0.0731 e. The Morgan fingerprint density at radius 1 is 0.308 bits per heavy atom. The van der Waals surface area contributed by atoms with Gasteiger partial charge in [0.2, 0.25) is 0 Å². The van der Waals surface area contributed by atoms with E-state index in [-0.39, 0.29) is 0 Å². The van der Waals surface area contributed by atoms with Gasteiger partial charge in [0.25, 0.3) is 0 Å². The highest BCUT2D eigenvalue weighted by atomic mass is 14.5. The first kappa shape index (κ1) is 36.2. The predicted octanol–water partition coefficient (Wildman–Crippen LogP) is 17.4. The Morgan fingerprint density at radius 2 is 0.846 bits per heavy atom. The van der Waals surface area contributed by atoms with E-state index in [0.29, 0.717) is 0 Å². The molecule has 0 aliphatic heterocycles. The van der Waals surface area contributed by atoms with Crippen molar-refractivity contribution in [2.24, 2.45) is 0 Å². The molecule has 65 heavy (non-hydrogen) atoms. The third kappa shape index (κ3) is 4.65. The molecule has 0 radical (unpaired) electrons. The first-order chi connectivity index (χ1) is 32.2. The van der Waals surface area contributed by atoms with E-state index >= 15 is 0 Å². The van der Waals surface area contributed by atoms with Gasteiger partial charge >= 0.3 is 0 Å². The molecule has 0 aromatic heterocycles. The van der Waals surface area contributed by atoms with Gasteiger partial charge in [-0.25, -0.2) is 0 Å². The van der Waals surface area contributed by atoms with Crippen molar-refractivity contribution in [3.63, 3.8) is 0 Å². The van der Waals surface area contributed by atoms with Crippen LogP contribution < -0.4 is 0 Å². The summed E-state index contributed by atoms with van der Waals surface area (Å²) in [7, 11) is 0. The minimum absolute atomic E-state index is 0.446. The maximum Gasteiger partial charge on any atom is 0.0731 e. The Kier molecular flexibility index (Phi) is 7.43. The highest BCUT2D eigenvalue weighted by Crippen LogP contribution is 2.65. The quantitative estimate of drug-likeness (QED) is 0.162. The van der Waals surface area contributed by atoms with E-state index in [1.807, 2.05) is 12.2 Å². The van der Waals surface area contributed by atoms with Gasteiger partial charge in [0.15, 0.2) is 0 Å². The second-order valence-corrected chi connectivity index (χ2v) is 17.9. The van der Waals surface area contributed by atoms with Crippen molar-refractivity contribution in [3.8, 4) is 77.9 Å². The molecule has 0 atom stereocenters. The lowest BCUT2D eigenvalue weighted by molar-refractivity contribution is 0.802. The summed E-state index contributed by atoms with van der Waals surface area (Å²) in [5.74, 6) is 0. The molecule has 0 amide bonds. The summed E-state index contributed by atoms with van der Waals surface area (Å²) >= 11 is 0. The van der Waals surface area contributed by atoms with Gasteiger partial charge in [-0.15, -0.1) is 0 Å². The van der Waals surface area contributed by atoms with Crippen molar-refractivity contribution < 1.29 is 0 Å². The topological polar surface area (TPSA) is 0 Å². The van der Waals surface area contributed by atoms with Crippen LogP contribution in [0.1, 0.15) is 33.4 Å². The molecule has 11 aromatic rings. The molecule has 11 aromatic carbocycles. The van der Waals surface area contributed by atoms with E-state index in [0.717, 1.165) is 11.1 Å². The Labute approximate surface area is 378 Å². The monoisotopic (exact) mass is 820 g/mol. The van der Waals surface area contributed by atoms with Crippen molar-refractivity contribution in [2.45, 2.75) is 5.41 Å². The molecular weight excluding hydrogens is 781 g/mol. The van der Waals surface area contributed by atoms with Gasteiger partial charge < -0.3 is 0 Å². The van der Waals surface area contributed by atoms with E-state index in [9.17, 15) is 0 Å². The lowest BCUT2D eigenvalue weighted by Gasteiger charge is -2.31. The average Bonchev–Trinajstić information content (AvgIpc) is 3.97. The number of hydrogen-bond acceptors (Lipinski definition) is 0. The van der Waals surface area contributed by atoms with Gasteiger partial charge in [-0.2, -0.15) is 0 Å². The zero-order chi connectivity index (χ0) is 43.0. The molecule has 1 spiro atoms. The summed E-state index contributed by atoms with van der Waals surface area (Å²) in [5.41, 5.74) is 24.8. The highest BCUT2D eigenvalue weighted by Gasteiger charge is 2.52. The number of fused-ring (bicyclic) bond motifs is 16. The van der Waals surface area contributed by atoms with Crippen LogP contribution in [0.3, 0.4) is 0 Å². The van der Waals surface area contributed by atoms with Crippen LogP contribution in [0.4, 0.5) is 0 Å². The fourth-order valence-electron chi connectivity index (χ4n) is 12.5. The number of benzene rings is 11. The van der Waals surface area contributed by atoms with E-state index in [1.165, 1.54) is 132 Å². The van der Waals surface area contributed by atoms with E-state index in [1.54, 1.807) is 0 Å². The maximum atomic E-state index is 4.41. The lowest BCUT2D eigenvalue weighted by atomic mass is 9.69. The SMILES string of the molecule is C=Cc1c(C=C)c(-c2ccccc2)c2c(c1-c1ccccc1)-c1cccc3c(-c4ccc5cc6c(cc5c4)C4(c5ccccc5-c5ccccc54)c4c-6ccc5ccccc45)ccc-2c13.